The van der Waals surface area contributed by atoms with E-state index in [-0.39, 0.29) is 17.8 Å². The molecule has 6 nitrogen and oxygen atoms in total. The van der Waals surface area contributed by atoms with Crippen molar-refractivity contribution in [3.05, 3.63) is 12.2 Å². The van der Waals surface area contributed by atoms with Gasteiger partial charge in [0.2, 0.25) is 5.91 Å². The minimum Gasteiger partial charge on any atom is -0.337 e. The first-order chi connectivity index (χ1) is 8.63. The Morgan fingerprint density at radius 2 is 1.89 bits per heavy atom. The summed E-state index contributed by atoms with van der Waals surface area (Å²) in [5.41, 5.74) is 0.457. The highest BCUT2D eigenvalue weighted by molar-refractivity contribution is 7.85. The summed E-state index contributed by atoms with van der Waals surface area (Å²) in [4.78, 5) is 13.4. The minimum atomic E-state index is -3.86. The lowest BCUT2D eigenvalue weighted by atomic mass is 10.1. The van der Waals surface area contributed by atoms with Crippen LogP contribution in [0.4, 0.5) is 0 Å². The van der Waals surface area contributed by atoms with E-state index in [1.165, 1.54) is 0 Å². The van der Waals surface area contributed by atoms with Crippen molar-refractivity contribution in [3.8, 4) is 0 Å². The van der Waals surface area contributed by atoms with Crippen LogP contribution in [0.15, 0.2) is 12.2 Å². The van der Waals surface area contributed by atoms with Crippen molar-refractivity contribution in [1.82, 2.24) is 10.2 Å². The SMILES string of the molecule is C=C(C)C(=O)NC(CCCCCS(=O)(=O)O)N(C)C. The van der Waals surface area contributed by atoms with Crippen molar-refractivity contribution >= 4 is 16.0 Å². The number of amides is 1. The first kappa shape index (κ1) is 18.1. The summed E-state index contributed by atoms with van der Waals surface area (Å²) in [6.07, 6.45) is 2.50. The van der Waals surface area contributed by atoms with E-state index in [0.29, 0.717) is 18.4 Å². The molecule has 0 aliphatic carbocycles. The average molecular weight is 292 g/mol. The molecule has 0 aromatic rings. The summed E-state index contributed by atoms with van der Waals surface area (Å²) < 4.78 is 29.7. The zero-order valence-electron chi connectivity index (χ0n) is 11.8. The van der Waals surface area contributed by atoms with Crippen LogP contribution in [0.1, 0.15) is 32.6 Å². The van der Waals surface area contributed by atoms with E-state index in [4.69, 9.17) is 4.55 Å². The van der Waals surface area contributed by atoms with Crippen LogP contribution in [0, 0.1) is 0 Å². The van der Waals surface area contributed by atoms with Gasteiger partial charge in [-0.2, -0.15) is 8.42 Å². The lowest BCUT2D eigenvalue weighted by molar-refractivity contribution is -0.119. The van der Waals surface area contributed by atoms with Crippen LogP contribution >= 0.6 is 0 Å². The molecule has 1 amide bonds. The van der Waals surface area contributed by atoms with Crippen LogP contribution in [0.5, 0.6) is 0 Å². The van der Waals surface area contributed by atoms with Crippen LogP contribution < -0.4 is 5.32 Å². The number of hydrogen-bond donors (Lipinski definition) is 2. The molecule has 0 aromatic heterocycles. The zero-order chi connectivity index (χ0) is 15.1. The van der Waals surface area contributed by atoms with Crippen LogP contribution in [0.25, 0.3) is 0 Å². The van der Waals surface area contributed by atoms with E-state index < -0.39 is 10.1 Å². The summed E-state index contributed by atoms with van der Waals surface area (Å²) in [5, 5.41) is 2.84. The Morgan fingerprint density at radius 3 is 2.32 bits per heavy atom. The number of carbonyl (C=O) groups excluding carboxylic acids is 1. The van der Waals surface area contributed by atoms with E-state index in [1.807, 2.05) is 19.0 Å². The van der Waals surface area contributed by atoms with Gasteiger partial charge in [-0.25, -0.2) is 0 Å². The highest BCUT2D eigenvalue weighted by Crippen LogP contribution is 2.07. The smallest absolute Gasteiger partial charge is 0.264 e. The standard InChI is InChI=1S/C12H24N2O4S/c1-10(2)12(15)13-11(14(3)4)8-6-5-7-9-19(16,17)18/h11H,1,5-9H2,2-4H3,(H,13,15)(H,16,17,18). The molecule has 112 valence electrons. The molecule has 0 fully saturated rings. The van der Waals surface area contributed by atoms with Crippen molar-refractivity contribution in [2.24, 2.45) is 0 Å². The van der Waals surface area contributed by atoms with Gasteiger partial charge in [0.1, 0.15) is 0 Å². The molecule has 19 heavy (non-hydrogen) atoms. The van der Waals surface area contributed by atoms with Crippen LogP contribution in [-0.4, -0.2) is 49.8 Å². The Hall–Kier alpha value is -0.920. The molecule has 1 atom stereocenters. The Morgan fingerprint density at radius 1 is 1.32 bits per heavy atom. The Bertz CT molecular complexity index is 404. The maximum Gasteiger partial charge on any atom is 0.264 e. The maximum atomic E-state index is 11.5. The number of nitrogens with zero attached hydrogens (tertiary/aromatic N) is 1. The van der Waals surface area contributed by atoms with Gasteiger partial charge in [-0.15, -0.1) is 0 Å². The third-order valence-electron chi connectivity index (χ3n) is 2.69. The summed E-state index contributed by atoms with van der Waals surface area (Å²) in [6.45, 7) is 5.23. The first-order valence-corrected chi connectivity index (χ1v) is 7.82. The predicted molar refractivity (Wildman–Crippen MR) is 75.3 cm³/mol. The molecule has 0 spiro atoms. The third kappa shape index (κ3) is 9.63. The Kier molecular flexibility index (Phi) is 7.89. The van der Waals surface area contributed by atoms with E-state index in [0.717, 1.165) is 12.8 Å². The Balaban J connectivity index is 4.03. The molecule has 0 rings (SSSR count). The predicted octanol–water partition coefficient (Wildman–Crippen LogP) is 1.01. The number of hydrogen-bond acceptors (Lipinski definition) is 4. The number of rotatable bonds is 9. The Labute approximate surface area is 115 Å². The number of nitrogens with one attached hydrogen (secondary N) is 1. The maximum absolute atomic E-state index is 11.5. The van der Waals surface area contributed by atoms with Gasteiger partial charge in [0, 0.05) is 5.57 Å². The van der Waals surface area contributed by atoms with E-state index in [9.17, 15) is 13.2 Å². The quantitative estimate of drug-likeness (QED) is 0.287. The molecule has 1 unspecified atom stereocenters. The molecule has 0 aliphatic rings. The van der Waals surface area contributed by atoms with Gasteiger partial charge in [0.15, 0.2) is 0 Å². The van der Waals surface area contributed by atoms with Crippen molar-refractivity contribution in [3.63, 3.8) is 0 Å². The highest BCUT2D eigenvalue weighted by atomic mass is 32.2. The van der Waals surface area contributed by atoms with Gasteiger partial charge in [0.25, 0.3) is 10.1 Å². The fourth-order valence-electron chi connectivity index (χ4n) is 1.53. The molecule has 7 heteroatoms. The second kappa shape index (κ2) is 8.29. The number of carbonyl (C=O) groups is 1. The van der Waals surface area contributed by atoms with Gasteiger partial charge in [0.05, 0.1) is 11.9 Å². The number of unbranched alkanes of at least 4 members (excludes halogenated alkanes) is 2. The molecule has 0 saturated carbocycles. The minimum absolute atomic E-state index is 0.102. The summed E-state index contributed by atoms with van der Waals surface area (Å²) in [7, 11) is -0.138. The zero-order valence-corrected chi connectivity index (χ0v) is 12.7. The third-order valence-corrected chi connectivity index (χ3v) is 3.49. The molecule has 0 heterocycles. The summed E-state index contributed by atoms with van der Waals surface area (Å²) in [5.74, 6) is -0.394. The largest absolute Gasteiger partial charge is 0.337 e. The normalized spacial score (nSPS) is 13.3. The van der Waals surface area contributed by atoms with Gasteiger partial charge >= 0.3 is 0 Å². The fourth-order valence-corrected chi connectivity index (χ4v) is 2.10. The molecule has 0 aliphatic heterocycles. The van der Waals surface area contributed by atoms with Crippen molar-refractivity contribution < 1.29 is 17.8 Å². The monoisotopic (exact) mass is 292 g/mol. The molecule has 2 N–H and O–H groups in total. The van der Waals surface area contributed by atoms with Crippen LogP contribution in [0.3, 0.4) is 0 Å². The summed E-state index contributed by atoms with van der Waals surface area (Å²) in [6, 6.07) is 0. The van der Waals surface area contributed by atoms with E-state index in [2.05, 4.69) is 11.9 Å². The molecule has 0 aromatic carbocycles. The molecule has 0 bridgehead atoms. The first-order valence-electron chi connectivity index (χ1n) is 6.21. The molecule has 0 radical (unpaired) electrons. The second-order valence-electron chi connectivity index (χ2n) is 4.87. The second-order valence-corrected chi connectivity index (χ2v) is 6.44. The van der Waals surface area contributed by atoms with Gasteiger partial charge < -0.3 is 5.32 Å². The van der Waals surface area contributed by atoms with E-state index >= 15 is 0 Å². The molecule has 0 saturated heterocycles. The molecular formula is C12H24N2O4S. The highest BCUT2D eigenvalue weighted by Gasteiger charge is 2.14. The van der Waals surface area contributed by atoms with Crippen molar-refractivity contribution in [2.75, 3.05) is 19.8 Å². The summed E-state index contributed by atoms with van der Waals surface area (Å²) >= 11 is 0. The lowest BCUT2D eigenvalue weighted by Crippen LogP contribution is -2.44. The van der Waals surface area contributed by atoms with E-state index in [1.54, 1.807) is 6.92 Å². The fraction of sp³-hybridized carbons (Fsp3) is 0.750. The lowest BCUT2D eigenvalue weighted by Gasteiger charge is -2.25. The molecular weight excluding hydrogens is 268 g/mol. The van der Waals surface area contributed by atoms with Crippen molar-refractivity contribution in [1.29, 1.82) is 0 Å². The van der Waals surface area contributed by atoms with Crippen LogP contribution in [0.2, 0.25) is 0 Å². The topological polar surface area (TPSA) is 86.7 Å². The van der Waals surface area contributed by atoms with Gasteiger partial charge in [-0.1, -0.05) is 19.4 Å². The van der Waals surface area contributed by atoms with Crippen LogP contribution in [-0.2, 0) is 14.9 Å². The average Bonchev–Trinajstić information content (AvgIpc) is 2.24. The van der Waals surface area contributed by atoms with Gasteiger partial charge in [-0.05, 0) is 33.9 Å². The van der Waals surface area contributed by atoms with Crippen molar-refractivity contribution in [2.45, 2.75) is 38.8 Å². The van der Waals surface area contributed by atoms with Gasteiger partial charge in [-0.3, -0.25) is 14.2 Å².